The van der Waals surface area contributed by atoms with Gasteiger partial charge in [-0.2, -0.15) is 0 Å². The molecular formula is C14H24N2O4. The molecule has 6 nitrogen and oxygen atoms in total. The van der Waals surface area contributed by atoms with Gasteiger partial charge >= 0.3 is 12.0 Å². The first-order chi connectivity index (χ1) is 9.38. The topological polar surface area (TPSA) is 70.1 Å². The van der Waals surface area contributed by atoms with Gasteiger partial charge in [0.2, 0.25) is 0 Å². The zero-order valence-electron chi connectivity index (χ0n) is 12.4. The predicted molar refractivity (Wildman–Crippen MR) is 73.5 cm³/mol. The molecule has 2 aliphatic heterocycles. The van der Waals surface area contributed by atoms with Crippen molar-refractivity contribution in [3.05, 3.63) is 0 Å². The van der Waals surface area contributed by atoms with Crippen molar-refractivity contribution in [1.82, 2.24) is 9.80 Å². The molecule has 114 valence electrons. The van der Waals surface area contributed by atoms with Crippen LogP contribution in [0.3, 0.4) is 0 Å². The summed E-state index contributed by atoms with van der Waals surface area (Å²) in [6.45, 7) is 7.49. The maximum Gasteiger partial charge on any atom is 0.326 e. The van der Waals surface area contributed by atoms with E-state index >= 15 is 0 Å². The van der Waals surface area contributed by atoms with E-state index in [-0.39, 0.29) is 18.2 Å². The van der Waals surface area contributed by atoms with Crippen LogP contribution in [0.1, 0.15) is 33.6 Å². The third-order valence-electron chi connectivity index (χ3n) is 4.09. The molecule has 0 aromatic heterocycles. The van der Waals surface area contributed by atoms with Gasteiger partial charge in [0.1, 0.15) is 6.04 Å². The number of likely N-dealkylation sites (tertiary alicyclic amines) is 1. The molecule has 2 unspecified atom stereocenters. The number of hydrogen-bond acceptors (Lipinski definition) is 3. The number of nitrogens with zero attached hydrogens (tertiary/aromatic N) is 2. The van der Waals surface area contributed by atoms with Gasteiger partial charge in [0, 0.05) is 19.6 Å². The molecule has 0 aliphatic carbocycles. The van der Waals surface area contributed by atoms with Crippen molar-refractivity contribution in [2.75, 3.05) is 19.6 Å². The van der Waals surface area contributed by atoms with E-state index < -0.39 is 12.0 Å². The van der Waals surface area contributed by atoms with Crippen LogP contribution in [-0.4, -0.2) is 64.8 Å². The van der Waals surface area contributed by atoms with Gasteiger partial charge in [-0.25, -0.2) is 9.59 Å². The lowest BCUT2D eigenvalue weighted by atomic mass is 9.92. The minimum Gasteiger partial charge on any atom is -0.480 e. The predicted octanol–water partition coefficient (Wildman–Crippen LogP) is 1.40. The van der Waals surface area contributed by atoms with E-state index in [2.05, 4.69) is 0 Å². The second-order valence-electron chi connectivity index (χ2n) is 6.12. The second-order valence-corrected chi connectivity index (χ2v) is 6.12. The van der Waals surface area contributed by atoms with Gasteiger partial charge in [0.25, 0.3) is 0 Å². The number of urea groups is 1. The minimum atomic E-state index is -0.903. The number of rotatable bonds is 1. The number of carbonyl (C=O) groups excluding carboxylic acids is 1. The SMILES string of the molecule is CC1CCN(C(=O)N2C[C@@H](C)O[C@@H](C)C2)C(C(=O)O)C1. The first-order valence-electron chi connectivity index (χ1n) is 7.32. The summed E-state index contributed by atoms with van der Waals surface area (Å²) in [6.07, 6.45) is 1.39. The van der Waals surface area contributed by atoms with Crippen LogP contribution >= 0.6 is 0 Å². The Hall–Kier alpha value is -1.30. The van der Waals surface area contributed by atoms with Crippen LogP contribution < -0.4 is 0 Å². The van der Waals surface area contributed by atoms with E-state index in [0.717, 1.165) is 6.42 Å². The molecule has 2 amide bonds. The highest BCUT2D eigenvalue weighted by molar-refractivity contribution is 5.83. The van der Waals surface area contributed by atoms with Gasteiger partial charge in [-0.1, -0.05) is 6.92 Å². The number of ether oxygens (including phenoxy) is 1. The third kappa shape index (κ3) is 3.23. The summed E-state index contributed by atoms with van der Waals surface area (Å²) in [5, 5.41) is 9.34. The van der Waals surface area contributed by atoms with Crippen molar-refractivity contribution in [2.24, 2.45) is 5.92 Å². The van der Waals surface area contributed by atoms with E-state index in [0.29, 0.717) is 32.0 Å². The molecule has 4 atom stereocenters. The van der Waals surface area contributed by atoms with E-state index in [1.165, 1.54) is 4.90 Å². The third-order valence-corrected chi connectivity index (χ3v) is 4.09. The van der Waals surface area contributed by atoms with Crippen LogP contribution in [-0.2, 0) is 9.53 Å². The highest BCUT2D eigenvalue weighted by atomic mass is 16.5. The lowest BCUT2D eigenvalue weighted by Gasteiger charge is -2.42. The summed E-state index contributed by atoms with van der Waals surface area (Å²) in [4.78, 5) is 27.2. The van der Waals surface area contributed by atoms with Crippen molar-refractivity contribution in [3.8, 4) is 0 Å². The van der Waals surface area contributed by atoms with Crippen LogP contribution in [0.5, 0.6) is 0 Å². The van der Waals surface area contributed by atoms with Crippen LogP contribution in [0.25, 0.3) is 0 Å². The standard InChI is InChI=1S/C14H24N2O4/c1-9-4-5-16(12(6-9)13(17)18)14(19)15-7-10(2)20-11(3)8-15/h9-12H,4-8H2,1-3H3,(H,17,18)/t9?,10-,11+,12?. The van der Waals surface area contributed by atoms with Crippen molar-refractivity contribution in [3.63, 3.8) is 0 Å². The first kappa shape index (κ1) is 15.1. The van der Waals surface area contributed by atoms with Crippen molar-refractivity contribution >= 4 is 12.0 Å². The largest absolute Gasteiger partial charge is 0.480 e. The summed E-state index contributed by atoms with van der Waals surface area (Å²) >= 11 is 0. The molecule has 1 N–H and O–H groups in total. The average molecular weight is 284 g/mol. The number of morpholine rings is 1. The lowest BCUT2D eigenvalue weighted by Crippen LogP contribution is -2.58. The number of carbonyl (C=O) groups is 2. The molecule has 0 aromatic carbocycles. The molecule has 0 spiro atoms. The van der Waals surface area contributed by atoms with Gasteiger partial charge in [0.05, 0.1) is 12.2 Å². The fourth-order valence-electron chi connectivity index (χ4n) is 3.12. The van der Waals surface area contributed by atoms with Crippen molar-refractivity contribution in [2.45, 2.75) is 51.9 Å². The highest BCUT2D eigenvalue weighted by Crippen LogP contribution is 2.25. The average Bonchev–Trinajstić information content (AvgIpc) is 2.36. The Labute approximate surface area is 119 Å². The zero-order valence-corrected chi connectivity index (χ0v) is 12.4. The van der Waals surface area contributed by atoms with Gasteiger partial charge in [-0.05, 0) is 32.6 Å². The maximum absolute atomic E-state index is 12.6. The minimum absolute atomic E-state index is 0.00491. The van der Waals surface area contributed by atoms with E-state index in [1.807, 2.05) is 20.8 Å². The van der Waals surface area contributed by atoms with E-state index in [1.54, 1.807) is 4.90 Å². The first-order valence-corrected chi connectivity index (χ1v) is 7.32. The fourth-order valence-corrected chi connectivity index (χ4v) is 3.12. The number of amides is 2. The molecule has 2 fully saturated rings. The normalized spacial score (nSPS) is 35.0. The summed E-state index contributed by atoms with van der Waals surface area (Å²) in [6, 6.07) is -0.856. The second kappa shape index (κ2) is 5.99. The number of carboxylic acids is 1. The van der Waals surface area contributed by atoms with Crippen LogP contribution in [0.2, 0.25) is 0 Å². The number of hydrogen-bond donors (Lipinski definition) is 1. The van der Waals surface area contributed by atoms with Crippen LogP contribution in [0.4, 0.5) is 4.79 Å². The fraction of sp³-hybridized carbons (Fsp3) is 0.857. The van der Waals surface area contributed by atoms with Gasteiger partial charge in [0.15, 0.2) is 0 Å². The Morgan fingerprint density at radius 3 is 2.30 bits per heavy atom. The van der Waals surface area contributed by atoms with Gasteiger partial charge in [-0.3, -0.25) is 0 Å². The Balaban J connectivity index is 2.08. The Kier molecular flexibility index (Phi) is 4.52. The van der Waals surface area contributed by atoms with Crippen LogP contribution in [0, 0.1) is 5.92 Å². The summed E-state index contributed by atoms with van der Waals surface area (Å²) in [7, 11) is 0. The van der Waals surface area contributed by atoms with Crippen molar-refractivity contribution in [1.29, 1.82) is 0 Å². The zero-order chi connectivity index (χ0) is 14.9. The lowest BCUT2D eigenvalue weighted by molar-refractivity contribution is -0.144. The smallest absolute Gasteiger partial charge is 0.326 e. The highest BCUT2D eigenvalue weighted by Gasteiger charge is 2.38. The number of piperidine rings is 1. The Morgan fingerprint density at radius 1 is 1.15 bits per heavy atom. The molecule has 2 heterocycles. The Morgan fingerprint density at radius 2 is 1.75 bits per heavy atom. The van der Waals surface area contributed by atoms with Gasteiger partial charge in [-0.15, -0.1) is 0 Å². The monoisotopic (exact) mass is 284 g/mol. The summed E-state index contributed by atoms with van der Waals surface area (Å²) < 4.78 is 5.62. The Bertz CT molecular complexity index is 377. The van der Waals surface area contributed by atoms with Crippen molar-refractivity contribution < 1.29 is 19.4 Å². The molecule has 20 heavy (non-hydrogen) atoms. The van der Waals surface area contributed by atoms with Gasteiger partial charge < -0.3 is 19.6 Å². The molecule has 0 bridgehead atoms. The molecule has 0 aromatic rings. The quantitative estimate of drug-likeness (QED) is 0.790. The molecule has 2 aliphatic rings. The number of aliphatic carboxylic acids is 1. The molecule has 0 radical (unpaired) electrons. The molecular weight excluding hydrogens is 260 g/mol. The molecule has 2 rings (SSSR count). The maximum atomic E-state index is 12.6. The summed E-state index contributed by atoms with van der Waals surface area (Å²) in [5.41, 5.74) is 0. The van der Waals surface area contributed by atoms with E-state index in [9.17, 15) is 14.7 Å². The van der Waals surface area contributed by atoms with Crippen LogP contribution in [0.15, 0.2) is 0 Å². The van der Waals surface area contributed by atoms with E-state index in [4.69, 9.17) is 4.74 Å². The summed E-state index contributed by atoms with van der Waals surface area (Å²) in [5.74, 6) is -0.554. The molecule has 2 saturated heterocycles. The molecule has 6 heteroatoms. The molecule has 0 saturated carbocycles. The number of carboxylic acid groups (broad SMARTS) is 1.